The zero-order chi connectivity index (χ0) is 14.9. The molecule has 2 unspecified atom stereocenters. The van der Waals surface area contributed by atoms with E-state index >= 15 is 0 Å². The minimum absolute atomic E-state index is 0.146. The van der Waals surface area contributed by atoms with Crippen LogP contribution < -0.4 is 5.73 Å². The predicted molar refractivity (Wildman–Crippen MR) is 76.3 cm³/mol. The second kappa shape index (κ2) is 5.71. The van der Waals surface area contributed by atoms with Gasteiger partial charge in [0.1, 0.15) is 5.82 Å². The number of nitrogens with two attached hydrogens (primary N) is 1. The topological polar surface area (TPSA) is 101 Å². The van der Waals surface area contributed by atoms with Gasteiger partial charge in [0.05, 0.1) is 18.6 Å². The van der Waals surface area contributed by atoms with Gasteiger partial charge in [-0.3, -0.25) is 4.68 Å². The maximum Gasteiger partial charge on any atom is 0.211 e. The molecule has 1 aliphatic rings. The number of anilines is 1. The molecule has 0 saturated carbocycles. The third-order valence-electron chi connectivity index (χ3n) is 3.88. The molecular formula is C12H22N4O3S. The summed E-state index contributed by atoms with van der Waals surface area (Å²) in [7, 11) is -1.43. The van der Waals surface area contributed by atoms with Gasteiger partial charge in [-0.05, 0) is 25.2 Å². The fourth-order valence-electron chi connectivity index (χ4n) is 2.68. The highest BCUT2D eigenvalue weighted by Crippen LogP contribution is 2.30. The zero-order valence-electron chi connectivity index (χ0n) is 11.9. The lowest BCUT2D eigenvalue weighted by Crippen LogP contribution is -2.39. The molecular weight excluding hydrogens is 280 g/mol. The van der Waals surface area contributed by atoms with Crippen molar-refractivity contribution in [3.63, 3.8) is 0 Å². The molecule has 1 aliphatic heterocycles. The molecule has 2 atom stereocenters. The third kappa shape index (κ3) is 3.31. The summed E-state index contributed by atoms with van der Waals surface area (Å²) in [5.74, 6) is 0.598. The Morgan fingerprint density at radius 3 is 2.85 bits per heavy atom. The van der Waals surface area contributed by atoms with E-state index in [-0.39, 0.29) is 5.92 Å². The average molecular weight is 302 g/mol. The lowest BCUT2D eigenvalue weighted by atomic mass is 9.91. The molecule has 1 aromatic rings. The molecule has 0 bridgehead atoms. The highest BCUT2D eigenvalue weighted by molar-refractivity contribution is 7.88. The Bertz CT molecular complexity index is 569. The fraction of sp³-hybridized carbons (Fsp3) is 0.750. The molecule has 1 saturated heterocycles. The Kier molecular flexibility index (Phi) is 4.36. The van der Waals surface area contributed by atoms with Gasteiger partial charge in [0.2, 0.25) is 10.0 Å². The highest BCUT2D eigenvalue weighted by atomic mass is 32.2. The molecule has 0 radical (unpaired) electrons. The fourth-order valence-corrected chi connectivity index (χ4v) is 3.63. The zero-order valence-corrected chi connectivity index (χ0v) is 12.7. The van der Waals surface area contributed by atoms with E-state index in [4.69, 9.17) is 5.73 Å². The quantitative estimate of drug-likeness (QED) is 0.821. The van der Waals surface area contributed by atoms with E-state index < -0.39 is 16.1 Å². The van der Waals surface area contributed by atoms with Gasteiger partial charge in [0.25, 0.3) is 0 Å². The van der Waals surface area contributed by atoms with Crippen LogP contribution in [0.1, 0.15) is 30.9 Å². The van der Waals surface area contributed by atoms with Crippen LogP contribution in [0.15, 0.2) is 6.20 Å². The molecule has 1 fully saturated rings. The molecule has 0 aliphatic carbocycles. The predicted octanol–water partition coefficient (Wildman–Crippen LogP) is 0.0974. The minimum atomic E-state index is -3.15. The first-order valence-electron chi connectivity index (χ1n) is 6.69. The third-order valence-corrected chi connectivity index (χ3v) is 5.15. The van der Waals surface area contributed by atoms with Crippen LogP contribution in [0.5, 0.6) is 0 Å². The van der Waals surface area contributed by atoms with Gasteiger partial charge in [0, 0.05) is 25.7 Å². The summed E-state index contributed by atoms with van der Waals surface area (Å²) >= 11 is 0. The monoisotopic (exact) mass is 302 g/mol. The van der Waals surface area contributed by atoms with Crippen LogP contribution in [0.4, 0.5) is 5.82 Å². The van der Waals surface area contributed by atoms with Gasteiger partial charge < -0.3 is 10.8 Å². The molecule has 0 spiro atoms. The number of hydrogen-bond donors (Lipinski definition) is 2. The van der Waals surface area contributed by atoms with Gasteiger partial charge in [-0.1, -0.05) is 0 Å². The average Bonchev–Trinajstić information content (AvgIpc) is 2.69. The van der Waals surface area contributed by atoms with Crippen LogP contribution in [-0.4, -0.2) is 47.0 Å². The highest BCUT2D eigenvalue weighted by Gasteiger charge is 2.28. The maximum absolute atomic E-state index is 11.6. The molecule has 7 nitrogen and oxygen atoms in total. The molecule has 114 valence electrons. The normalized spacial score (nSPS) is 22.9. The van der Waals surface area contributed by atoms with Gasteiger partial charge >= 0.3 is 0 Å². The van der Waals surface area contributed by atoms with E-state index in [1.807, 2.05) is 0 Å². The summed E-state index contributed by atoms with van der Waals surface area (Å²) < 4.78 is 26.2. The molecule has 1 aromatic heterocycles. The van der Waals surface area contributed by atoms with E-state index in [9.17, 15) is 13.5 Å². The summed E-state index contributed by atoms with van der Waals surface area (Å²) in [6, 6.07) is 0. The number of hydrogen-bond acceptors (Lipinski definition) is 5. The number of piperidine rings is 1. The van der Waals surface area contributed by atoms with Crippen molar-refractivity contribution in [2.75, 3.05) is 25.1 Å². The number of aliphatic hydroxyl groups is 1. The van der Waals surface area contributed by atoms with Crippen LogP contribution in [0, 0.1) is 5.92 Å². The van der Waals surface area contributed by atoms with Crippen molar-refractivity contribution in [2.24, 2.45) is 13.0 Å². The SMILES string of the molecule is Cn1ncc(C(O)CC2CCCN(S(C)(=O)=O)C2)c1N. The number of aryl methyl sites for hydroxylation is 1. The van der Waals surface area contributed by atoms with E-state index in [1.54, 1.807) is 13.2 Å². The van der Waals surface area contributed by atoms with E-state index in [0.717, 1.165) is 12.8 Å². The van der Waals surface area contributed by atoms with Crippen molar-refractivity contribution in [1.29, 1.82) is 0 Å². The summed E-state index contributed by atoms with van der Waals surface area (Å²) in [5.41, 5.74) is 6.45. The number of aromatic nitrogens is 2. The van der Waals surface area contributed by atoms with E-state index in [1.165, 1.54) is 15.2 Å². The largest absolute Gasteiger partial charge is 0.388 e. The number of aliphatic hydroxyl groups excluding tert-OH is 1. The number of sulfonamides is 1. The second-order valence-electron chi connectivity index (χ2n) is 5.49. The smallest absolute Gasteiger partial charge is 0.211 e. The van der Waals surface area contributed by atoms with Crippen molar-refractivity contribution >= 4 is 15.8 Å². The van der Waals surface area contributed by atoms with Crippen molar-refractivity contribution in [3.8, 4) is 0 Å². The van der Waals surface area contributed by atoms with Crippen LogP contribution >= 0.6 is 0 Å². The summed E-state index contributed by atoms with van der Waals surface area (Å²) in [5, 5.41) is 14.3. The number of nitrogen functional groups attached to an aromatic ring is 1. The van der Waals surface area contributed by atoms with E-state index in [0.29, 0.717) is 30.9 Å². The Morgan fingerprint density at radius 2 is 2.30 bits per heavy atom. The van der Waals surface area contributed by atoms with Crippen molar-refractivity contribution in [3.05, 3.63) is 11.8 Å². The first-order chi connectivity index (χ1) is 9.29. The van der Waals surface area contributed by atoms with Crippen molar-refractivity contribution in [1.82, 2.24) is 14.1 Å². The molecule has 2 heterocycles. The number of nitrogens with zero attached hydrogens (tertiary/aromatic N) is 3. The molecule has 20 heavy (non-hydrogen) atoms. The molecule has 8 heteroatoms. The molecule has 2 rings (SSSR count). The lowest BCUT2D eigenvalue weighted by Gasteiger charge is -2.31. The summed E-state index contributed by atoms with van der Waals surface area (Å²) in [6.07, 6.45) is 4.34. The van der Waals surface area contributed by atoms with Gasteiger partial charge in [-0.2, -0.15) is 5.10 Å². The van der Waals surface area contributed by atoms with Crippen LogP contribution in [0.2, 0.25) is 0 Å². The number of rotatable bonds is 4. The molecule has 0 aromatic carbocycles. The Hall–Kier alpha value is -1.12. The van der Waals surface area contributed by atoms with Gasteiger partial charge in [0.15, 0.2) is 0 Å². The molecule has 3 N–H and O–H groups in total. The summed E-state index contributed by atoms with van der Waals surface area (Å²) in [6.45, 7) is 1.04. The Balaban J connectivity index is 2.01. The second-order valence-corrected chi connectivity index (χ2v) is 7.47. The van der Waals surface area contributed by atoms with Gasteiger partial charge in [-0.15, -0.1) is 0 Å². The van der Waals surface area contributed by atoms with E-state index in [2.05, 4.69) is 5.10 Å². The van der Waals surface area contributed by atoms with Crippen LogP contribution in [-0.2, 0) is 17.1 Å². The molecule has 0 amide bonds. The minimum Gasteiger partial charge on any atom is -0.388 e. The summed E-state index contributed by atoms with van der Waals surface area (Å²) in [4.78, 5) is 0. The first-order valence-corrected chi connectivity index (χ1v) is 8.54. The Labute approximate surface area is 119 Å². The van der Waals surface area contributed by atoms with Crippen molar-refractivity contribution in [2.45, 2.75) is 25.4 Å². The Morgan fingerprint density at radius 1 is 1.60 bits per heavy atom. The van der Waals surface area contributed by atoms with Gasteiger partial charge in [-0.25, -0.2) is 12.7 Å². The maximum atomic E-state index is 11.6. The van der Waals surface area contributed by atoms with Crippen LogP contribution in [0.25, 0.3) is 0 Å². The standard InChI is InChI=1S/C12H22N4O3S/c1-15-12(13)10(7-14-15)11(17)6-9-4-3-5-16(8-9)20(2,18)19/h7,9,11,17H,3-6,8,13H2,1-2H3. The van der Waals surface area contributed by atoms with Crippen molar-refractivity contribution < 1.29 is 13.5 Å². The lowest BCUT2D eigenvalue weighted by molar-refractivity contribution is 0.123. The first kappa shape index (κ1) is 15.3. The van der Waals surface area contributed by atoms with Crippen LogP contribution in [0.3, 0.4) is 0 Å².